The number of aromatic nitrogens is 1. The Hall–Kier alpha value is -3.64. The van der Waals surface area contributed by atoms with Crippen LogP contribution >= 0.6 is 0 Å². The number of nitrogens with two attached hydrogens (primary N) is 1. The highest BCUT2D eigenvalue weighted by molar-refractivity contribution is 6.02. The van der Waals surface area contributed by atoms with E-state index in [0.717, 1.165) is 0 Å². The van der Waals surface area contributed by atoms with Crippen LogP contribution in [0.3, 0.4) is 0 Å². The molecule has 8 nitrogen and oxygen atoms in total. The Bertz CT molecular complexity index is 1110. The first-order valence-electron chi connectivity index (χ1n) is 10.1. The molecule has 1 fully saturated rings. The van der Waals surface area contributed by atoms with E-state index in [9.17, 15) is 9.18 Å². The molecule has 0 aliphatic carbocycles. The van der Waals surface area contributed by atoms with E-state index in [1.165, 1.54) is 18.3 Å². The summed E-state index contributed by atoms with van der Waals surface area (Å²) in [5.74, 6) is 4.91. The smallest absolute Gasteiger partial charge is 0.283 e. The van der Waals surface area contributed by atoms with Crippen molar-refractivity contribution in [2.45, 2.75) is 25.5 Å². The van der Waals surface area contributed by atoms with Crippen molar-refractivity contribution in [3.63, 3.8) is 0 Å². The minimum absolute atomic E-state index is 0.00971. The van der Waals surface area contributed by atoms with Gasteiger partial charge in [0.05, 0.1) is 30.9 Å². The molecule has 32 heavy (non-hydrogen) atoms. The van der Waals surface area contributed by atoms with E-state index in [4.69, 9.17) is 19.9 Å². The number of carbonyl (C=O) groups excluding carboxylic acids is 1. The maximum atomic E-state index is 14.9. The molecule has 2 aliphatic heterocycles. The Labute approximate surface area is 185 Å². The number of rotatable bonds is 5. The molecule has 3 N–H and O–H groups in total. The molecule has 4 rings (SSSR count). The Morgan fingerprint density at radius 1 is 1.38 bits per heavy atom. The highest BCUT2D eigenvalue weighted by Crippen LogP contribution is 2.43. The number of ether oxygens (including phenoxy) is 3. The lowest BCUT2D eigenvalue weighted by atomic mass is 9.77. The molecule has 1 saturated heterocycles. The summed E-state index contributed by atoms with van der Waals surface area (Å²) in [5, 5.41) is 2.75. The number of halogens is 1. The van der Waals surface area contributed by atoms with Crippen LogP contribution in [0, 0.1) is 23.6 Å². The summed E-state index contributed by atoms with van der Waals surface area (Å²) in [6, 6.07) is 7.50. The van der Waals surface area contributed by atoms with Crippen molar-refractivity contribution in [1.29, 1.82) is 0 Å². The third-order valence-corrected chi connectivity index (χ3v) is 5.59. The molecular weight excluding hydrogens is 415 g/mol. The van der Waals surface area contributed by atoms with E-state index in [1.807, 2.05) is 0 Å². The molecule has 3 unspecified atom stereocenters. The fourth-order valence-corrected chi connectivity index (χ4v) is 3.91. The van der Waals surface area contributed by atoms with E-state index >= 15 is 0 Å². The summed E-state index contributed by atoms with van der Waals surface area (Å²) in [7, 11) is 0. The quantitative estimate of drug-likeness (QED) is 0.695. The molecule has 3 heterocycles. The molecule has 0 spiro atoms. The Kier molecular flexibility index (Phi) is 5.97. The number of carbonyl (C=O) groups is 1. The number of benzene rings is 1. The third-order valence-electron chi connectivity index (χ3n) is 5.59. The van der Waals surface area contributed by atoms with Crippen LogP contribution in [0.15, 0.2) is 41.5 Å². The normalized spacial score (nSPS) is 23.8. The van der Waals surface area contributed by atoms with Crippen molar-refractivity contribution in [3.8, 4) is 17.6 Å². The van der Waals surface area contributed by atoms with Crippen molar-refractivity contribution >= 4 is 17.6 Å². The SMILES string of the molecule is CC#CCOc1ccc(C(=O)Nc2ccc(F)c(C3(C)N=C(N)OC4COCC43)c2)nc1. The maximum Gasteiger partial charge on any atom is 0.283 e. The second kappa shape index (κ2) is 8.85. The first-order valence-corrected chi connectivity index (χ1v) is 10.1. The molecule has 1 aromatic heterocycles. The van der Waals surface area contributed by atoms with Crippen LogP contribution in [-0.4, -0.2) is 42.8 Å². The topological polar surface area (TPSA) is 108 Å². The second-order valence-corrected chi connectivity index (χ2v) is 7.64. The largest absolute Gasteiger partial charge is 0.479 e. The molecule has 3 atom stereocenters. The standard InChI is InChI=1S/C23H23FN4O4/c1-3-4-9-31-15-6-8-19(26-11-15)21(29)27-14-5-7-18(24)16(10-14)23(2)17-12-30-13-20(17)32-22(25)28-23/h5-8,10-11,17,20H,9,12-13H2,1-2H3,(H2,25,28)(H,27,29). The summed E-state index contributed by atoms with van der Waals surface area (Å²) in [4.78, 5) is 21.2. The van der Waals surface area contributed by atoms with Crippen molar-refractivity contribution in [2.24, 2.45) is 16.6 Å². The van der Waals surface area contributed by atoms with Crippen LogP contribution in [0.2, 0.25) is 0 Å². The lowest BCUT2D eigenvalue weighted by Gasteiger charge is -2.38. The molecule has 9 heteroatoms. The summed E-state index contributed by atoms with van der Waals surface area (Å²) < 4.78 is 31.3. The number of anilines is 1. The van der Waals surface area contributed by atoms with Gasteiger partial charge in [0.15, 0.2) is 0 Å². The zero-order valence-corrected chi connectivity index (χ0v) is 17.7. The van der Waals surface area contributed by atoms with Gasteiger partial charge in [0, 0.05) is 11.3 Å². The van der Waals surface area contributed by atoms with Crippen LogP contribution in [0.1, 0.15) is 29.9 Å². The summed E-state index contributed by atoms with van der Waals surface area (Å²) in [6.45, 7) is 4.49. The number of nitrogens with zero attached hydrogens (tertiary/aromatic N) is 2. The van der Waals surface area contributed by atoms with Gasteiger partial charge >= 0.3 is 0 Å². The van der Waals surface area contributed by atoms with Crippen LogP contribution < -0.4 is 15.8 Å². The van der Waals surface area contributed by atoms with Gasteiger partial charge in [0.2, 0.25) is 0 Å². The van der Waals surface area contributed by atoms with Gasteiger partial charge in [-0.25, -0.2) is 14.4 Å². The van der Waals surface area contributed by atoms with Gasteiger partial charge in [0.1, 0.15) is 30.0 Å². The molecule has 0 radical (unpaired) electrons. The number of nitrogens with one attached hydrogen (secondary N) is 1. The molecular formula is C23H23FN4O4. The van der Waals surface area contributed by atoms with E-state index in [-0.39, 0.29) is 30.3 Å². The Morgan fingerprint density at radius 2 is 2.22 bits per heavy atom. The van der Waals surface area contributed by atoms with Crippen LogP contribution in [0.4, 0.5) is 10.1 Å². The van der Waals surface area contributed by atoms with Gasteiger partial charge in [-0.2, -0.15) is 0 Å². The van der Waals surface area contributed by atoms with Crippen molar-refractivity contribution in [2.75, 3.05) is 25.1 Å². The number of hydrogen-bond donors (Lipinski definition) is 2. The van der Waals surface area contributed by atoms with Crippen molar-refractivity contribution in [1.82, 2.24) is 4.98 Å². The first kappa shape index (κ1) is 21.6. The van der Waals surface area contributed by atoms with E-state index in [1.54, 1.807) is 32.0 Å². The van der Waals surface area contributed by atoms with Gasteiger partial charge in [0.25, 0.3) is 11.9 Å². The average Bonchev–Trinajstić information content (AvgIpc) is 3.25. The number of hydrogen-bond acceptors (Lipinski definition) is 7. The minimum Gasteiger partial charge on any atom is -0.479 e. The number of pyridine rings is 1. The highest BCUT2D eigenvalue weighted by atomic mass is 19.1. The van der Waals surface area contributed by atoms with E-state index in [0.29, 0.717) is 30.2 Å². The zero-order chi connectivity index (χ0) is 22.7. The number of fused-ring (bicyclic) bond motifs is 1. The number of aliphatic imine (C=N–C) groups is 1. The molecule has 0 bridgehead atoms. The lowest BCUT2D eigenvalue weighted by molar-refractivity contribution is 0.0817. The predicted octanol–water partition coefficient (Wildman–Crippen LogP) is 2.45. The summed E-state index contributed by atoms with van der Waals surface area (Å²) in [6.07, 6.45) is 1.15. The van der Waals surface area contributed by atoms with Crippen molar-refractivity contribution < 1.29 is 23.4 Å². The molecule has 166 valence electrons. The van der Waals surface area contributed by atoms with E-state index < -0.39 is 17.3 Å². The zero-order valence-electron chi connectivity index (χ0n) is 17.7. The highest BCUT2D eigenvalue weighted by Gasteiger charge is 2.50. The minimum atomic E-state index is -0.993. The molecule has 2 aromatic rings. The predicted molar refractivity (Wildman–Crippen MR) is 116 cm³/mol. The van der Waals surface area contributed by atoms with Crippen LogP contribution in [0.25, 0.3) is 0 Å². The average molecular weight is 438 g/mol. The van der Waals surface area contributed by atoms with Gasteiger partial charge in [-0.05, 0) is 44.2 Å². The summed E-state index contributed by atoms with van der Waals surface area (Å²) in [5.41, 5.74) is 5.76. The maximum absolute atomic E-state index is 14.9. The van der Waals surface area contributed by atoms with Gasteiger partial charge in [-0.1, -0.05) is 5.92 Å². The van der Waals surface area contributed by atoms with Gasteiger partial charge < -0.3 is 25.3 Å². The molecule has 1 amide bonds. The monoisotopic (exact) mass is 438 g/mol. The van der Waals surface area contributed by atoms with Crippen LogP contribution in [-0.2, 0) is 15.0 Å². The van der Waals surface area contributed by atoms with E-state index in [2.05, 4.69) is 27.1 Å². The van der Waals surface area contributed by atoms with Crippen molar-refractivity contribution in [3.05, 3.63) is 53.6 Å². The van der Waals surface area contributed by atoms with Gasteiger partial charge in [-0.3, -0.25) is 4.79 Å². The Morgan fingerprint density at radius 3 is 2.97 bits per heavy atom. The lowest BCUT2D eigenvalue weighted by Crippen LogP contribution is -2.47. The number of amidine groups is 1. The second-order valence-electron chi connectivity index (χ2n) is 7.64. The molecule has 1 aromatic carbocycles. The van der Waals surface area contributed by atoms with Gasteiger partial charge in [-0.15, -0.1) is 5.92 Å². The Balaban J connectivity index is 1.54. The summed E-state index contributed by atoms with van der Waals surface area (Å²) >= 11 is 0. The van der Waals surface area contributed by atoms with Crippen LogP contribution in [0.5, 0.6) is 5.75 Å². The fraction of sp³-hybridized carbons (Fsp3) is 0.348. The third kappa shape index (κ3) is 4.22. The molecule has 0 saturated carbocycles. The first-order chi connectivity index (χ1) is 15.4. The fourth-order valence-electron chi connectivity index (χ4n) is 3.91. The number of amides is 1. The molecule has 2 aliphatic rings.